The molecule has 2 aliphatic heterocycles. The fourth-order valence-corrected chi connectivity index (χ4v) is 6.12. The van der Waals surface area contributed by atoms with Crippen LogP contribution in [0, 0.1) is 12.7 Å². The van der Waals surface area contributed by atoms with Gasteiger partial charge >= 0.3 is 6.03 Å². The van der Waals surface area contributed by atoms with Crippen LogP contribution in [0.5, 0.6) is 5.75 Å². The number of aromatic hydroxyl groups is 1. The van der Waals surface area contributed by atoms with Crippen LogP contribution in [0.4, 0.5) is 20.6 Å². The third-order valence-corrected chi connectivity index (χ3v) is 7.84. The molecular formula is C19H20ClFN4O4S. The molecule has 0 aliphatic carbocycles. The average Bonchev–Trinajstić information content (AvgIpc) is 3.32. The molecule has 2 atom stereocenters. The van der Waals surface area contributed by atoms with E-state index in [4.69, 9.17) is 11.6 Å². The van der Waals surface area contributed by atoms with Gasteiger partial charge in [0.25, 0.3) is 0 Å². The van der Waals surface area contributed by atoms with Gasteiger partial charge in [-0.05, 0) is 37.6 Å². The standard InChI is InChI=1S/C19H20ClFN4O4S/c1-10-14(21)3-2-4-15(10)23-19(27)24-16-6-5-13(20)18(17(16)26)30(28,29)25-9-11-7-12(25)8-22-11/h2-6,11-12,22,26H,7-9H2,1H3,(H2,23,24,27)/t11-,12-/m0/s1. The molecule has 0 radical (unpaired) electrons. The maximum atomic E-state index is 13.7. The van der Waals surface area contributed by atoms with Gasteiger partial charge in [0, 0.05) is 36.4 Å². The second-order valence-corrected chi connectivity index (χ2v) is 9.57. The van der Waals surface area contributed by atoms with E-state index in [0.717, 1.165) is 0 Å². The molecule has 8 nitrogen and oxygen atoms in total. The monoisotopic (exact) mass is 454 g/mol. The van der Waals surface area contributed by atoms with Crippen LogP contribution in [0.1, 0.15) is 12.0 Å². The summed E-state index contributed by atoms with van der Waals surface area (Å²) in [6.07, 6.45) is 0.699. The van der Waals surface area contributed by atoms with Crippen molar-refractivity contribution < 1.29 is 22.7 Å². The number of carbonyl (C=O) groups is 1. The summed E-state index contributed by atoms with van der Waals surface area (Å²) in [4.78, 5) is 11.9. The zero-order valence-corrected chi connectivity index (χ0v) is 17.5. The molecular weight excluding hydrogens is 435 g/mol. The van der Waals surface area contributed by atoms with E-state index in [1.54, 1.807) is 0 Å². The van der Waals surface area contributed by atoms with Gasteiger partial charge in [0.15, 0.2) is 5.75 Å². The molecule has 2 heterocycles. The largest absolute Gasteiger partial charge is 0.504 e. The number of phenolic OH excluding ortho intramolecular Hbond substituents is 1. The zero-order valence-electron chi connectivity index (χ0n) is 15.9. The van der Waals surface area contributed by atoms with Crippen molar-refractivity contribution in [1.82, 2.24) is 9.62 Å². The summed E-state index contributed by atoms with van der Waals surface area (Å²) in [5.74, 6) is -1.13. The first-order valence-corrected chi connectivity index (χ1v) is 11.1. The number of phenols is 1. The number of nitrogens with one attached hydrogen (secondary N) is 3. The van der Waals surface area contributed by atoms with E-state index >= 15 is 0 Å². The Labute approximate surface area is 178 Å². The van der Waals surface area contributed by atoms with E-state index in [1.165, 1.54) is 41.6 Å². The van der Waals surface area contributed by atoms with Crippen molar-refractivity contribution in [3.05, 3.63) is 46.7 Å². The molecule has 4 rings (SSSR count). The maximum Gasteiger partial charge on any atom is 0.323 e. The molecule has 2 aromatic rings. The molecule has 0 unspecified atom stereocenters. The molecule has 0 saturated carbocycles. The van der Waals surface area contributed by atoms with Crippen molar-refractivity contribution in [2.75, 3.05) is 23.7 Å². The van der Waals surface area contributed by atoms with Crippen LogP contribution < -0.4 is 16.0 Å². The Kier molecular flexibility index (Phi) is 5.35. The Morgan fingerprint density at radius 1 is 1.27 bits per heavy atom. The smallest absolute Gasteiger partial charge is 0.323 e. The van der Waals surface area contributed by atoms with E-state index in [-0.39, 0.29) is 34.0 Å². The lowest BCUT2D eigenvalue weighted by atomic mass is 10.2. The summed E-state index contributed by atoms with van der Waals surface area (Å²) >= 11 is 6.12. The highest BCUT2D eigenvalue weighted by molar-refractivity contribution is 7.89. The number of benzene rings is 2. The summed E-state index contributed by atoms with van der Waals surface area (Å²) < 4.78 is 41.3. The molecule has 160 valence electrons. The van der Waals surface area contributed by atoms with E-state index in [2.05, 4.69) is 16.0 Å². The minimum atomic E-state index is -4.07. The van der Waals surface area contributed by atoms with E-state index in [0.29, 0.717) is 19.5 Å². The molecule has 2 aliphatic rings. The van der Waals surface area contributed by atoms with Gasteiger partial charge < -0.3 is 21.1 Å². The second-order valence-electron chi connectivity index (χ2n) is 7.33. The van der Waals surface area contributed by atoms with Gasteiger partial charge in [-0.15, -0.1) is 0 Å². The van der Waals surface area contributed by atoms with Gasteiger partial charge in [-0.3, -0.25) is 0 Å². The summed E-state index contributed by atoms with van der Waals surface area (Å²) in [5, 5.41) is 18.6. The van der Waals surface area contributed by atoms with Gasteiger partial charge in [0.1, 0.15) is 10.7 Å². The number of fused-ring (bicyclic) bond motifs is 2. The molecule has 2 bridgehead atoms. The summed E-state index contributed by atoms with van der Waals surface area (Å²) in [5.41, 5.74) is 0.357. The Bertz CT molecular complexity index is 1130. The molecule has 2 amide bonds. The van der Waals surface area contributed by atoms with Crippen LogP contribution in [0.3, 0.4) is 0 Å². The first-order valence-electron chi connectivity index (χ1n) is 9.28. The highest BCUT2D eigenvalue weighted by Gasteiger charge is 2.45. The Morgan fingerprint density at radius 3 is 2.67 bits per heavy atom. The number of sulfonamides is 1. The van der Waals surface area contributed by atoms with Crippen LogP contribution in [-0.2, 0) is 10.0 Å². The maximum absolute atomic E-state index is 13.7. The van der Waals surface area contributed by atoms with E-state index in [9.17, 15) is 22.7 Å². The minimum absolute atomic E-state index is 0.0762. The van der Waals surface area contributed by atoms with E-state index < -0.39 is 32.5 Å². The SMILES string of the molecule is Cc1c(F)cccc1NC(=O)Nc1ccc(Cl)c(S(=O)(=O)N2C[C@@H]3C[C@H]2CN3)c1O. The highest BCUT2D eigenvalue weighted by Crippen LogP contribution is 2.41. The molecule has 4 N–H and O–H groups in total. The van der Waals surface area contributed by atoms with Gasteiger partial charge in [0.05, 0.1) is 10.7 Å². The van der Waals surface area contributed by atoms with Crippen LogP contribution in [0.25, 0.3) is 0 Å². The van der Waals surface area contributed by atoms with Gasteiger partial charge in [-0.1, -0.05) is 17.7 Å². The number of halogens is 2. The van der Waals surface area contributed by atoms with Crippen LogP contribution in [0.15, 0.2) is 35.2 Å². The molecule has 2 aromatic carbocycles. The number of hydrogen-bond acceptors (Lipinski definition) is 5. The van der Waals surface area contributed by atoms with Gasteiger partial charge in [-0.25, -0.2) is 17.6 Å². The normalized spacial score (nSPS) is 21.0. The summed E-state index contributed by atoms with van der Waals surface area (Å²) in [6, 6.07) is 5.93. The number of nitrogens with zero attached hydrogens (tertiary/aromatic N) is 1. The van der Waals surface area contributed by atoms with Crippen molar-refractivity contribution in [2.24, 2.45) is 0 Å². The predicted octanol–water partition coefficient (Wildman–Crippen LogP) is 2.87. The quantitative estimate of drug-likeness (QED) is 0.531. The Morgan fingerprint density at radius 2 is 2.00 bits per heavy atom. The molecule has 11 heteroatoms. The first-order chi connectivity index (χ1) is 14.2. The lowest BCUT2D eigenvalue weighted by Gasteiger charge is -2.27. The molecule has 0 spiro atoms. The highest BCUT2D eigenvalue weighted by atomic mass is 35.5. The summed E-state index contributed by atoms with van der Waals surface area (Å²) in [7, 11) is -4.07. The first kappa shape index (κ1) is 20.9. The predicted molar refractivity (Wildman–Crippen MR) is 111 cm³/mol. The summed E-state index contributed by atoms with van der Waals surface area (Å²) in [6.45, 7) is 2.34. The second kappa shape index (κ2) is 7.69. The van der Waals surface area contributed by atoms with Gasteiger partial charge in [-0.2, -0.15) is 4.31 Å². The lowest BCUT2D eigenvalue weighted by molar-refractivity contribution is 0.262. The molecule has 2 fully saturated rings. The zero-order chi connectivity index (χ0) is 21.6. The van der Waals surface area contributed by atoms with Crippen molar-refractivity contribution in [3.8, 4) is 5.75 Å². The van der Waals surface area contributed by atoms with Crippen LogP contribution in [0.2, 0.25) is 5.02 Å². The van der Waals surface area contributed by atoms with Crippen LogP contribution in [-0.4, -0.2) is 49.0 Å². The van der Waals surface area contributed by atoms with Gasteiger partial charge in [0.2, 0.25) is 10.0 Å². The average molecular weight is 455 g/mol. The number of rotatable bonds is 4. The third-order valence-electron chi connectivity index (χ3n) is 5.42. The van der Waals surface area contributed by atoms with E-state index in [1.807, 2.05) is 0 Å². The number of urea groups is 1. The van der Waals surface area contributed by atoms with Crippen molar-refractivity contribution in [2.45, 2.75) is 30.3 Å². The molecule has 2 saturated heterocycles. The molecule has 0 aromatic heterocycles. The van der Waals surface area contributed by atoms with Crippen molar-refractivity contribution >= 4 is 39.0 Å². The topological polar surface area (TPSA) is 111 Å². The lowest BCUT2D eigenvalue weighted by Crippen LogP contribution is -2.46. The fourth-order valence-electron chi connectivity index (χ4n) is 3.85. The number of piperazine rings is 1. The Balaban J connectivity index is 1.60. The number of anilines is 2. The Hall–Kier alpha value is -2.40. The molecule has 30 heavy (non-hydrogen) atoms. The van der Waals surface area contributed by atoms with Crippen molar-refractivity contribution in [3.63, 3.8) is 0 Å². The third kappa shape index (κ3) is 3.60. The number of amides is 2. The number of carbonyl (C=O) groups excluding carboxylic acids is 1. The number of hydrogen-bond donors (Lipinski definition) is 4. The van der Waals surface area contributed by atoms with Crippen LogP contribution >= 0.6 is 11.6 Å². The fraction of sp³-hybridized carbons (Fsp3) is 0.316. The van der Waals surface area contributed by atoms with Crippen molar-refractivity contribution in [1.29, 1.82) is 0 Å². The minimum Gasteiger partial charge on any atom is -0.504 e.